The van der Waals surface area contributed by atoms with Crippen LogP contribution in [0.25, 0.3) is 44.7 Å². The second-order valence-corrected chi connectivity index (χ2v) is 35.4. The maximum atomic E-state index is 14.4. The van der Waals surface area contributed by atoms with Crippen LogP contribution in [0.4, 0.5) is 40.8 Å². The summed E-state index contributed by atoms with van der Waals surface area (Å²) in [7, 11) is 0. The largest absolute Gasteiger partial charge is 0.394 e. The molecule has 8 aliphatic rings. The van der Waals surface area contributed by atoms with Gasteiger partial charge in [0.05, 0.1) is 134 Å². The number of benzene rings is 4. The van der Waals surface area contributed by atoms with Crippen LogP contribution >= 0.6 is 47.0 Å². The highest BCUT2D eigenvalue weighted by Gasteiger charge is 2.51. The quantitative estimate of drug-likeness (QED) is 0.00969. The number of aryl methyl sites for hydroxylation is 4. The van der Waals surface area contributed by atoms with E-state index in [1.54, 1.807) is 0 Å². The Labute approximate surface area is 908 Å². The Morgan fingerprint density at radius 2 is 0.632 bits per heavy atom. The summed E-state index contributed by atoms with van der Waals surface area (Å²) < 4.78 is 465. The average Bonchev–Trinajstić information content (AvgIpc) is 1.52. The van der Waals surface area contributed by atoms with Gasteiger partial charge < -0.3 is 101 Å². The van der Waals surface area contributed by atoms with Crippen molar-refractivity contribution in [2.75, 3.05) is 96.9 Å². The SMILES string of the molecule is [2H]C([2H])(CC)Sc1nc(N[C@@H]2C([2H])([2H])[C@@]2([2H])c2ccc(C)c(F)c2)c2nnn([C@]3([2H])C([2H])([2H])[C@]([2H])(OCCO)[C@@]([2H])(O)[C@@]3([2H])O)c2n1.[2H]C([2H])(CO)O[C@@]1([2H])C([2H])([2H])[C@@]([2H])(n2nnc3c(N[C@@H]4C([2H])([2H])[C@@]4([2H])c4ccc(C)c(F)c4)nc(SCCC)nc32)[C@]([2H])(O)[C@]1([2H])O.[2H]C([2H])(O)C([2H])([2H])O[C@@]1([2H])C([2H])([2H])[C@@]([2H])(n2nnc3c(N[C@@H]4C([2H])([2H])[C@@]4([2H])c4ccc(C)c(F)c4)nc(SCCC)nc32)[C@]([2H])(O)[C@]1([2H])O.[2H]C([2H])(O)CO[C@@]1([2H])C([2H])([2H])[C@@]([2H])(n2nnc3c(N[C@@H]4C([2H])([2H])[C@@]4([2H])c4ccc(C)c(F)c4)nc(SCCC)nc32)[C@]([2H])(O)[C@]1([2H])O. The fraction of sp³-hybridized carbons (Fsp3) is 0.583. The number of ether oxygens (including phenoxy) is 4. The van der Waals surface area contributed by atoms with Crippen LogP contribution in [0.1, 0.15) is 260 Å². The van der Waals surface area contributed by atoms with Crippen molar-refractivity contribution in [3.8, 4) is 0 Å². The van der Waals surface area contributed by atoms with Crippen LogP contribution in [0.3, 0.4) is 0 Å². The molecule has 4 aromatic carbocycles. The molecule has 0 saturated heterocycles. The molecule has 48 heteroatoms. The molecule has 8 aromatic heterocycles. The van der Waals surface area contributed by atoms with E-state index in [1.807, 2.05) is 20.8 Å². The topological polar surface area (TPSA) is 554 Å². The molecule has 144 heavy (non-hydrogen) atoms. The fourth-order valence-corrected chi connectivity index (χ4v) is 16.4. The first-order valence-electron chi connectivity index (χ1n) is 66.7. The Hall–Kier alpha value is -9.52. The Morgan fingerprint density at radius 1 is 0.354 bits per heavy atom. The number of aliphatic hydroxyl groups is 12. The van der Waals surface area contributed by atoms with E-state index >= 15 is 0 Å². The van der Waals surface area contributed by atoms with Crippen molar-refractivity contribution in [1.29, 1.82) is 0 Å². The zero-order valence-corrected chi connectivity index (χ0v) is 79.9. The van der Waals surface area contributed by atoms with E-state index in [1.165, 1.54) is 83.1 Å². The Balaban J connectivity index is 0.000000165. The van der Waals surface area contributed by atoms with E-state index in [4.69, 9.17) is 77.3 Å². The van der Waals surface area contributed by atoms with Crippen molar-refractivity contribution >= 4 is 115 Å². The van der Waals surface area contributed by atoms with Gasteiger partial charge in [-0.3, -0.25) is 0 Å². The highest BCUT2D eigenvalue weighted by molar-refractivity contribution is 7.99. The zero-order chi connectivity index (χ0) is 143. The number of thioether (sulfide) groups is 4. The van der Waals surface area contributed by atoms with Gasteiger partial charge in [-0.2, -0.15) is 0 Å². The lowest BCUT2D eigenvalue weighted by Gasteiger charge is -2.17. The zero-order valence-electron chi connectivity index (χ0n) is 123. The van der Waals surface area contributed by atoms with Gasteiger partial charge in [0.1, 0.15) is 71.9 Å². The van der Waals surface area contributed by atoms with Crippen molar-refractivity contribution in [2.24, 2.45) is 0 Å². The molecule has 776 valence electrons. The highest BCUT2D eigenvalue weighted by atomic mass is 32.2. The van der Waals surface area contributed by atoms with Crippen molar-refractivity contribution in [3.05, 3.63) is 141 Å². The van der Waals surface area contributed by atoms with E-state index in [9.17, 15) is 78.8 Å². The summed E-state index contributed by atoms with van der Waals surface area (Å²) in [5.74, 6) is -10.9. The lowest BCUT2D eigenvalue weighted by molar-refractivity contribution is -0.0629. The summed E-state index contributed by atoms with van der Waals surface area (Å²) in [5.41, 5.74) is -5.05. The number of halogens is 4. The summed E-state index contributed by atoms with van der Waals surface area (Å²) in [6.45, 7) is -6.16. The molecule has 24 atom stereocenters. The van der Waals surface area contributed by atoms with Crippen molar-refractivity contribution < 1.29 is 161 Å². The summed E-state index contributed by atoms with van der Waals surface area (Å²) >= 11 is 3.57. The Bertz CT molecular complexity index is 9020. The third kappa shape index (κ3) is 23.8. The van der Waals surface area contributed by atoms with Gasteiger partial charge in [0.2, 0.25) is 0 Å². The molecule has 8 fully saturated rings. The van der Waals surface area contributed by atoms with Crippen LogP contribution in [-0.4, -0.2) is 334 Å². The van der Waals surface area contributed by atoms with E-state index < -0.39 is 328 Å². The molecule has 0 bridgehead atoms. The molecule has 0 amide bonds. The maximum Gasteiger partial charge on any atom is 0.191 e. The normalized spacial score (nSPS) is 45.8. The van der Waals surface area contributed by atoms with Crippen molar-refractivity contribution in [1.82, 2.24) is 99.8 Å². The van der Waals surface area contributed by atoms with Crippen molar-refractivity contribution in [3.63, 3.8) is 0 Å². The molecule has 0 spiro atoms. The smallest absolute Gasteiger partial charge is 0.191 e. The molecule has 20 rings (SSSR count). The van der Waals surface area contributed by atoms with Crippen LogP contribution in [0, 0.1) is 51.0 Å². The number of rotatable bonds is 40. The third-order valence-electron chi connectivity index (χ3n) is 21.3. The number of hydrogen-bond donors (Lipinski definition) is 16. The van der Waals surface area contributed by atoms with Gasteiger partial charge in [0.25, 0.3) is 0 Å². The van der Waals surface area contributed by atoms with Crippen LogP contribution in [0.5, 0.6) is 0 Å². The predicted octanol–water partition coefficient (Wildman–Crippen LogP) is 8.73. The lowest BCUT2D eigenvalue weighted by atomic mass is 10.1. The minimum Gasteiger partial charge on any atom is -0.394 e. The predicted molar refractivity (Wildman–Crippen MR) is 530 cm³/mol. The third-order valence-corrected chi connectivity index (χ3v) is 25.3. The molecule has 16 N–H and O–H groups in total. The molecule has 8 heterocycles. The molecule has 0 radical (unpaired) electrons. The van der Waals surface area contributed by atoms with Gasteiger partial charge in [-0.1, -0.05) is 144 Å². The summed E-state index contributed by atoms with van der Waals surface area (Å²) in [5, 5.41) is 167. The lowest BCUT2D eigenvalue weighted by Crippen LogP contribution is -2.33. The van der Waals surface area contributed by atoms with Gasteiger partial charge in [-0.15, -0.1) is 20.4 Å². The molecule has 8 aliphatic carbocycles. The van der Waals surface area contributed by atoms with Crippen LogP contribution < -0.4 is 21.3 Å². The van der Waals surface area contributed by atoms with E-state index in [2.05, 4.69) is 107 Å². The molecular weight excluding hydrogens is 1950 g/mol. The standard InChI is InChI=1S/4C24H31FN6O4S/c4*1-3-8-36-24-27-22(26-16-10-14(16)13-5-4-12(2)15(25)9-13)19-23(28-24)31(30-29-19)17-11-18(35-7-6-32)21(34)20(17)33/h4*4-5,9,14,16-18,20-21,32-34H,3,6-8,10-11H2,1-2H3,(H,26,27,28)/t4*14-,16+,17+,18-,20-,21+/m0000/s1/i6D2,7D2,10D2,11D2,14D,17D,18D,20D,21D;8D2,10D2,11D2,14D,17D,18D,20D,21D;7D2,10D2,11D2,14D,17D,18D,20D,21D;6D2,10D2,11D2,14D,17D,18D,20D,21D. The van der Waals surface area contributed by atoms with Gasteiger partial charge >= 0.3 is 0 Å². The number of fused-ring (bicyclic) bond motifs is 4. The number of aromatic nitrogens is 20. The second-order valence-electron chi connectivity index (χ2n) is 31.4. The highest BCUT2D eigenvalue weighted by Crippen LogP contribution is 2.50. The minimum absolute atomic E-state index is 0.00944. The van der Waals surface area contributed by atoms with E-state index in [0.29, 0.717) is 48.3 Å². The molecule has 12 aromatic rings. The van der Waals surface area contributed by atoms with E-state index in [-0.39, 0.29) is 108 Å². The van der Waals surface area contributed by atoms with E-state index in [0.717, 1.165) is 59.6 Å². The molecule has 0 unspecified atom stereocenters. The van der Waals surface area contributed by atoms with Crippen LogP contribution in [0.2, 0.25) is 0 Å². The minimum atomic E-state index is -4.31. The average molecular weight is 2120 g/mol. The number of aliphatic hydroxyl groups excluding tert-OH is 2. The van der Waals surface area contributed by atoms with Gasteiger partial charge in [-0.05, 0) is 148 Å². The van der Waals surface area contributed by atoms with Gasteiger partial charge in [0.15, 0.2) is 88.6 Å². The first kappa shape index (κ1) is 62.1. The molecule has 0 aliphatic heterocycles. The maximum absolute atomic E-state index is 14.4. The number of anilines is 4. The first-order chi connectivity index (χ1) is 86.3. The number of nitrogens with one attached hydrogen (secondary N) is 4. The number of nitrogens with zero attached hydrogens (tertiary/aromatic N) is 20. The monoisotopic (exact) mass is 2120 g/mol. The summed E-state index contributed by atoms with van der Waals surface area (Å²) in [6, 6.07) is -5.15. The van der Waals surface area contributed by atoms with Gasteiger partial charge in [0, 0.05) is 126 Å². The Morgan fingerprint density at radius 3 is 0.889 bits per heavy atom. The van der Waals surface area contributed by atoms with Gasteiger partial charge in [-0.25, -0.2) is 76.2 Å². The van der Waals surface area contributed by atoms with Crippen LogP contribution in [-0.2, 0) is 18.9 Å². The molecule has 40 nitrogen and oxygen atoms in total. The van der Waals surface area contributed by atoms with Crippen LogP contribution in [0.15, 0.2) is 93.4 Å². The first-order valence-corrected chi connectivity index (χ1v) is 47.5. The fourth-order valence-electron chi connectivity index (χ4n) is 13.8. The summed E-state index contributed by atoms with van der Waals surface area (Å²) in [6.07, 6.45) is -71.1. The summed E-state index contributed by atoms with van der Waals surface area (Å²) in [4.78, 5) is 34.1. The second kappa shape index (κ2) is 47.3. The Kier molecular flexibility index (Phi) is 20.4. The van der Waals surface area contributed by atoms with Crippen molar-refractivity contribution in [2.45, 2.75) is 297 Å². The number of hydrogen-bond acceptors (Lipinski definition) is 40. The molecular formula is C96H124F4N24O16S4. The molecule has 8 saturated carbocycles.